The highest BCUT2D eigenvalue weighted by Gasteiger charge is 2.28. The van der Waals surface area contributed by atoms with Crippen molar-refractivity contribution in [3.8, 4) is 5.75 Å². The van der Waals surface area contributed by atoms with Gasteiger partial charge in [0.05, 0.1) is 13.4 Å². The standard InChI is InChI=1S/C31H47N9O/c1-3-36-15-17-37(18-16-36)13-6-14-40-24-33-28-29(39-21-19-38(20-22-39)26-7-4-5-8-26)34-31(35-30(28)40)32-23-25-9-11-27(41-2)12-10-25/h9-12,24,26H,3-8,13-23H2,1-2H3,(H,32,34,35). The van der Waals surface area contributed by atoms with Crippen LogP contribution in [-0.2, 0) is 13.1 Å². The predicted octanol–water partition coefficient (Wildman–Crippen LogP) is 3.54. The Morgan fingerprint density at radius 1 is 0.878 bits per heavy atom. The summed E-state index contributed by atoms with van der Waals surface area (Å²) in [6, 6.07) is 8.92. The fraction of sp³-hybridized carbons (Fsp3) is 0.645. The molecule has 6 rings (SSSR count). The SMILES string of the molecule is CCN1CCN(CCCn2cnc3c(N4CCN(C5CCCC5)CC4)nc(NCc4ccc(OC)cc4)nc32)CC1. The first kappa shape index (κ1) is 28.2. The first-order valence-corrected chi connectivity index (χ1v) is 15.7. The zero-order chi connectivity index (χ0) is 28.0. The summed E-state index contributed by atoms with van der Waals surface area (Å²) in [5.74, 6) is 2.49. The number of piperazine rings is 2. The largest absolute Gasteiger partial charge is 0.497 e. The smallest absolute Gasteiger partial charge is 0.227 e. The molecule has 10 heteroatoms. The molecule has 2 aromatic heterocycles. The highest BCUT2D eigenvalue weighted by Crippen LogP contribution is 2.29. The van der Waals surface area contributed by atoms with Crippen molar-refractivity contribution < 1.29 is 4.74 Å². The second-order valence-corrected chi connectivity index (χ2v) is 11.8. The molecule has 3 aliphatic rings. The van der Waals surface area contributed by atoms with E-state index in [0.717, 1.165) is 99.7 Å². The molecule has 2 saturated heterocycles. The Labute approximate surface area is 244 Å². The Balaban J connectivity index is 1.17. The summed E-state index contributed by atoms with van der Waals surface area (Å²) < 4.78 is 7.55. The quantitative estimate of drug-likeness (QED) is 0.378. The maximum Gasteiger partial charge on any atom is 0.227 e. The van der Waals surface area contributed by atoms with E-state index in [4.69, 9.17) is 19.7 Å². The van der Waals surface area contributed by atoms with E-state index in [1.54, 1.807) is 7.11 Å². The van der Waals surface area contributed by atoms with Gasteiger partial charge in [-0.25, -0.2) is 4.98 Å². The van der Waals surface area contributed by atoms with Crippen LogP contribution >= 0.6 is 0 Å². The van der Waals surface area contributed by atoms with E-state index in [1.165, 1.54) is 38.8 Å². The number of ether oxygens (including phenoxy) is 1. The molecular formula is C31H47N9O. The van der Waals surface area contributed by atoms with Crippen molar-refractivity contribution in [1.29, 1.82) is 0 Å². The number of methoxy groups -OCH3 is 1. The third kappa shape index (κ3) is 6.76. The topological polar surface area (TPSA) is 77.8 Å². The number of fused-ring (bicyclic) bond motifs is 1. The molecule has 1 N–H and O–H groups in total. The van der Waals surface area contributed by atoms with Crippen molar-refractivity contribution in [2.24, 2.45) is 0 Å². The highest BCUT2D eigenvalue weighted by molar-refractivity contribution is 5.85. The van der Waals surface area contributed by atoms with Gasteiger partial charge in [-0.3, -0.25) is 4.90 Å². The van der Waals surface area contributed by atoms with Crippen LogP contribution in [0.4, 0.5) is 11.8 Å². The fourth-order valence-corrected chi connectivity index (χ4v) is 6.68. The Hall–Kier alpha value is -2.95. The number of anilines is 2. The van der Waals surface area contributed by atoms with Gasteiger partial charge in [-0.05, 0) is 50.0 Å². The van der Waals surface area contributed by atoms with Crippen LogP contribution in [0.3, 0.4) is 0 Å². The lowest BCUT2D eigenvalue weighted by Crippen LogP contribution is -2.50. The summed E-state index contributed by atoms with van der Waals surface area (Å²) in [5.41, 5.74) is 3.02. The Kier molecular flexibility index (Phi) is 9.18. The lowest BCUT2D eigenvalue weighted by Gasteiger charge is -2.38. The van der Waals surface area contributed by atoms with Crippen molar-refractivity contribution in [3.63, 3.8) is 0 Å². The van der Waals surface area contributed by atoms with Gasteiger partial charge in [-0.1, -0.05) is 31.9 Å². The second kappa shape index (κ2) is 13.4. The summed E-state index contributed by atoms with van der Waals surface area (Å²) in [7, 11) is 1.70. The van der Waals surface area contributed by atoms with Gasteiger partial charge in [-0.2, -0.15) is 9.97 Å². The molecule has 0 radical (unpaired) electrons. The summed E-state index contributed by atoms with van der Waals surface area (Å²) in [6.45, 7) is 14.9. The molecule has 3 aromatic rings. The molecule has 1 saturated carbocycles. The van der Waals surface area contributed by atoms with Gasteiger partial charge in [0.1, 0.15) is 5.75 Å². The minimum absolute atomic E-state index is 0.655. The van der Waals surface area contributed by atoms with E-state index < -0.39 is 0 Å². The normalized spacial score (nSPS) is 19.8. The van der Waals surface area contributed by atoms with E-state index in [9.17, 15) is 0 Å². The average Bonchev–Trinajstić information content (AvgIpc) is 3.71. The molecule has 0 atom stereocenters. The van der Waals surface area contributed by atoms with E-state index >= 15 is 0 Å². The van der Waals surface area contributed by atoms with Crippen molar-refractivity contribution >= 4 is 22.9 Å². The van der Waals surface area contributed by atoms with Gasteiger partial charge in [0.25, 0.3) is 0 Å². The van der Waals surface area contributed by atoms with Crippen LogP contribution in [0.5, 0.6) is 5.75 Å². The minimum atomic E-state index is 0.655. The Morgan fingerprint density at radius 2 is 1.61 bits per heavy atom. The van der Waals surface area contributed by atoms with Crippen LogP contribution in [0.2, 0.25) is 0 Å². The Morgan fingerprint density at radius 3 is 2.32 bits per heavy atom. The third-order valence-electron chi connectivity index (χ3n) is 9.30. The number of aryl methyl sites for hydroxylation is 1. The number of nitrogens with one attached hydrogen (secondary N) is 1. The molecule has 1 aliphatic carbocycles. The molecule has 1 aromatic carbocycles. The maximum absolute atomic E-state index is 5.32. The Bertz CT molecular complexity index is 1240. The second-order valence-electron chi connectivity index (χ2n) is 11.8. The van der Waals surface area contributed by atoms with Crippen molar-refractivity contribution in [2.75, 3.05) is 82.8 Å². The van der Waals surface area contributed by atoms with E-state index in [2.05, 4.69) is 48.5 Å². The molecule has 41 heavy (non-hydrogen) atoms. The van der Waals surface area contributed by atoms with Crippen LogP contribution in [0.15, 0.2) is 30.6 Å². The van der Waals surface area contributed by atoms with E-state index in [0.29, 0.717) is 12.5 Å². The molecule has 0 amide bonds. The van der Waals surface area contributed by atoms with Crippen LogP contribution in [0.25, 0.3) is 11.2 Å². The van der Waals surface area contributed by atoms with Gasteiger partial charge in [0.15, 0.2) is 17.0 Å². The van der Waals surface area contributed by atoms with Crippen molar-refractivity contribution in [1.82, 2.24) is 34.2 Å². The van der Waals surface area contributed by atoms with Crippen LogP contribution in [-0.4, -0.2) is 113 Å². The van der Waals surface area contributed by atoms with Gasteiger partial charge in [-0.15, -0.1) is 0 Å². The van der Waals surface area contributed by atoms with Crippen molar-refractivity contribution in [2.45, 2.75) is 58.2 Å². The monoisotopic (exact) mass is 561 g/mol. The van der Waals surface area contributed by atoms with Crippen LogP contribution < -0.4 is 15.0 Å². The predicted molar refractivity (Wildman–Crippen MR) is 165 cm³/mol. The molecule has 10 nitrogen and oxygen atoms in total. The zero-order valence-corrected chi connectivity index (χ0v) is 25.0. The number of aromatic nitrogens is 4. The number of nitrogens with zero attached hydrogens (tertiary/aromatic N) is 8. The van der Waals surface area contributed by atoms with Crippen molar-refractivity contribution in [3.05, 3.63) is 36.2 Å². The molecule has 0 unspecified atom stereocenters. The lowest BCUT2D eigenvalue weighted by atomic mass is 10.2. The van der Waals surface area contributed by atoms with Crippen LogP contribution in [0, 0.1) is 0 Å². The van der Waals surface area contributed by atoms with Crippen LogP contribution in [0.1, 0.15) is 44.6 Å². The molecule has 2 aliphatic heterocycles. The molecule has 4 heterocycles. The summed E-state index contributed by atoms with van der Waals surface area (Å²) in [4.78, 5) is 25.2. The number of likely N-dealkylation sites (N-methyl/N-ethyl adjacent to an activating group) is 1. The highest BCUT2D eigenvalue weighted by atomic mass is 16.5. The number of imidazole rings is 1. The van der Waals surface area contributed by atoms with Gasteiger partial charge < -0.3 is 29.3 Å². The van der Waals surface area contributed by atoms with Gasteiger partial charge >= 0.3 is 0 Å². The maximum atomic E-state index is 5.32. The van der Waals surface area contributed by atoms with Gasteiger partial charge in [0, 0.05) is 71.5 Å². The van der Waals surface area contributed by atoms with Gasteiger partial charge in [0.2, 0.25) is 5.95 Å². The number of hydrogen-bond donors (Lipinski definition) is 1. The molecular weight excluding hydrogens is 514 g/mol. The molecule has 0 spiro atoms. The number of benzene rings is 1. The first-order chi connectivity index (χ1) is 20.2. The molecule has 0 bridgehead atoms. The summed E-state index contributed by atoms with van der Waals surface area (Å²) in [5, 5.41) is 3.50. The summed E-state index contributed by atoms with van der Waals surface area (Å²) >= 11 is 0. The lowest BCUT2D eigenvalue weighted by molar-refractivity contribution is 0.135. The summed E-state index contributed by atoms with van der Waals surface area (Å²) in [6.07, 6.45) is 8.54. The fourth-order valence-electron chi connectivity index (χ4n) is 6.68. The zero-order valence-electron chi connectivity index (χ0n) is 25.0. The number of rotatable bonds is 11. The molecule has 222 valence electrons. The average molecular weight is 562 g/mol. The first-order valence-electron chi connectivity index (χ1n) is 15.7. The van der Waals surface area contributed by atoms with E-state index in [-0.39, 0.29) is 0 Å². The third-order valence-corrected chi connectivity index (χ3v) is 9.30. The molecule has 3 fully saturated rings. The van der Waals surface area contributed by atoms with E-state index in [1.807, 2.05) is 18.5 Å². The number of hydrogen-bond acceptors (Lipinski definition) is 9. The minimum Gasteiger partial charge on any atom is -0.497 e.